The number of hydrogen-bond donors (Lipinski definition) is 0. The minimum atomic E-state index is -0.576. The van der Waals surface area contributed by atoms with E-state index in [1.807, 2.05) is 41.3 Å². The van der Waals surface area contributed by atoms with Crippen molar-refractivity contribution in [2.24, 2.45) is 0 Å². The van der Waals surface area contributed by atoms with Gasteiger partial charge in [0, 0.05) is 26.2 Å². The molecule has 1 atom stereocenters. The minimum absolute atomic E-state index is 0.0235. The van der Waals surface area contributed by atoms with Crippen molar-refractivity contribution in [3.63, 3.8) is 0 Å². The fourth-order valence-corrected chi connectivity index (χ4v) is 3.28. The Morgan fingerprint density at radius 1 is 1.00 bits per heavy atom. The molecule has 6 heteroatoms. The summed E-state index contributed by atoms with van der Waals surface area (Å²) in [7, 11) is 1.67. The summed E-state index contributed by atoms with van der Waals surface area (Å²) in [4.78, 5) is 16.8. The summed E-state index contributed by atoms with van der Waals surface area (Å²) >= 11 is 6.11. The molecular weight excluding hydrogens is 352 g/mol. The van der Waals surface area contributed by atoms with Gasteiger partial charge in [-0.05, 0) is 31.2 Å². The molecule has 2 aromatic carbocycles. The monoisotopic (exact) mass is 374 g/mol. The molecule has 1 aliphatic heterocycles. The molecule has 0 spiro atoms. The number of benzene rings is 2. The van der Waals surface area contributed by atoms with Crippen molar-refractivity contribution < 1.29 is 14.3 Å². The molecule has 0 unspecified atom stereocenters. The highest BCUT2D eigenvalue weighted by atomic mass is 35.5. The van der Waals surface area contributed by atoms with Gasteiger partial charge in [-0.2, -0.15) is 0 Å². The summed E-state index contributed by atoms with van der Waals surface area (Å²) in [6.45, 7) is 4.56. The Labute approximate surface area is 159 Å². The second kappa shape index (κ2) is 8.32. The normalized spacial score (nSPS) is 15.5. The van der Waals surface area contributed by atoms with E-state index in [1.165, 1.54) is 0 Å². The minimum Gasteiger partial charge on any atom is -0.495 e. The van der Waals surface area contributed by atoms with Gasteiger partial charge in [0.25, 0.3) is 5.91 Å². The Kier molecular flexibility index (Phi) is 5.89. The van der Waals surface area contributed by atoms with Crippen molar-refractivity contribution in [2.75, 3.05) is 38.2 Å². The van der Waals surface area contributed by atoms with Crippen LogP contribution in [0.5, 0.6) is 11.5 Å². The molecular formula is C20H23ClN2O3. The first-order valence-electron chi connectivity index (χ1n) is 8.68. The average Bonchev–Trinajstić information content (AvgIpc) is 2.69. The average molecular weight is 375 g/mol. The third-order valence-electron chi connectivity index (χ3n) is 4.51. The van der Waals surface area contributed by atoms with Crippen molar-refractivity contribution in [1.82, 2.24) is 4.90 Å². The van der Waals surface area contributed by atoms with Gasteiger partial charge in [0.15, 0.2) is 6.10 Å². The number of carbonyl (C=O) groups excluding carboxylic acids is 1. The Balaban J connectivity index is 1.59. The van der Waals surface area contributed by atoms with Gasteiger partial charge in [-0.3, -0.25) is 4.79 Å². The summed E-state index contributed by atoms with van der Waals surface area (Å²) in [5.41, 5.74) is 1.06. The highest BCUT2D eigenvalue weighted by Crippen LogP contribution is 2.29. The van der Waals surface area contributed by atoms with E-state index in [0.29, 0.717) is 23.9 Å². The van der Waals surface area contributed by atoms with Crippen LogP contribution in [0, 0.1) is 0 Å². The van der Waals surface area contributed by atoms with E-state index >= 15 is 0 Å². The maximum atomic E-state index is 12.7. The summed E-state index contributed by atoms with van der Waals surface area (Å²) in [6.07, 6.45) is -0.576. The van der Waals surface area contributed by atoms with Crippen molar-refractivity contribution >= 4 is 23.2 Å². The third kappa shape index (κ3) is 4.05. The van der Waals surface area contributed by atoms with Crippen molar-refractivity contribution in [1.29, 1.82) is 0 Å². The highest BCUT2D eigenvalue weighted by molar-refractivity contribution is 6.32. The third-order valence-corrected chi connectivity index (χ3v) is 4.82. The maximum absolute atomic E-state index is 12.7. The van der Waals surface area contributed by atoms with Crippen LogP contribution in [0.4, 0.5) is 5.69 Å². The second-order valence-corrected chi connectivity index (χ2v) is 6.58. The standard InChI is InChI=1S/C20H23ClN2O3/c1-15(26-18-9-5-3-7-16(18)21)20(24)23-13-11-22(12-14-23)17-8-4-6-10-19(17)25-2/h3-10,15H,11-14H2,1-2H3/t15-/m1/s1. The summed E-state index contributed by atoms with van der Waals surface area (Å²) in [5.74, 6) is 1.36. The first kappa shape index (κ1) is 18.4. The molecule has 1 aliphatic rings. The van der Waals surface area contributed by atoms with E-state index in [4.69, 9.17) is 21.1 Å². The molecule has 5 nitrogen and oxygen atoms in total. The van der Waals surface area contributed by atoms with Crippen LogP contribution in [0.2, 0.25) is 5.02 Å². The number of amides is 1. The first-order chi connectivity index (χ1) is 12.6. The van der Waals surface area contributed by atoms with Crippen LogP contribution in [0.3, 0.4) is 0 Å². The quantitative estimate of drug-likeness (QED) is 0.803. The first-order valence-corrected chi connectivity index (χ1v) is 9.06. The Hall–Kier alpha value is -2.40. The van der Waals surface area contributed by atoms with Crippen LogP contribution in [-0.4, -0.2) is 50.2 Å². The van der Waals surface area contributed by atoms with Crippen LogP contribution in [-0.2, 0) is 4.79 Å². The van der Waals surface area contributed by atoms with Gasteiger partial charge in [0.2, 0.25) is 0 Å². The maximum Gasteiger partial charge on any atom is 0.263 e. The molecule has 0 bridgehead atoms. The number of hydrogen-bond acceptors (Lipinski definition) is 4. The number of anilines is 1. The zero-order valence-electron chi connectivity index (χ0n) is 15.0. The van der Waals surface area contributed by atoms with Crippen molar-refractivity contribution in [3.8, 4) is 11.5 Å². The zero-order valence-corrected chi connectivity index (χ0v) is 15.8. The van der Waals surface area contributed by atoms with Gasteiger partial charge in [-0.25, -0.2) is 0 Å². The number of ether oxygens (including phenoxy) is 2. The number of nitrogens with zero attached hydrogens (tertiary/aromatic N) is 2. The largest absolute Gasteiger partial charge is 0.495 e. The molecule has 0 N–H and O–H groups in total. The molecule has 138 valence electrons. The van der Waals surface area contributed by atoms with Crippen LogP contribution in [0.25, 0.3) is 0 Å². The van der Waals surface area contributed by atoms with E-state index in [-0.39, 0.29) is 5.91 Å². The predicted octanol–water partition coefficient (Wildman–Crippen LogP) is 3.46. The Bertz CT molecular complexity index is 760. The second-order valence-electron chi connectivity index (χ2n) is 6.17. The Morgan fingerprint density at radius 2 is 1.62 bits per heavy atom. The lowest BCUT2D eigenvalue weighted by molar-refractivity contribution is -0.138. The highest BCUT2D eigenvalue weighted by Gasteiger charge is 2.27. The molecule has 0 aromatic heterocycles. The van der Waals surface area contributed by atoms with E-state index < -0.39 is 6.10 Å². The van der Waals surface area contributed by atoms with Gasteiger partial charge in [0.05, 0.1) is 17.8 Å². The van der Waals surface area contributed by atoms with E-state index in [9.17, 15) is 4.79 Å². The van der Waals surface area contributed by atoms with Crippen LogP contribution < -0.4 is 14.4 Å². The van der Waals surface area contributed by atoms with Gasteiger partial charge in [-0.1, -0.05) is 35.9 Å². The molecule has 0 radical (unpaired) electrons. The van der Waals surface area contributed by atoms with Gasteiger partial charge < -0.3 is 19.3 Å². The van der Waals surface area contributed by atoms with Gasteiger partial charge in [-0.15, -0.1) is 0 Å². The number of piperazine rings is 1. The van der Waals surface area contributed by atoms with E-state index in [1.54, 1.807) is 26.2 Å². The number of para-hydroxylation sites is 3. The smallest absolute Gasteiger partial charge is 0.263 e. The Morgan fingerprint density at radius 3 is 2.27 bits per heavy atom. The lowest BCUT2D eigenvalue weighted by Crippen LogP contribution is -2.52. The van der Waals surface area contributed by atoms with E-state index in [0.717, 1.165) is 24.5 Å². The number of carbonyl (C=O) groups is 1. The molecule has 1 heterocycles. The number of rotatable bonds is 5. The van der Waals surface area contributed by atoms with Crippen LogP contribution in [0.1, 0.15) is 6.92 Å². The molecule has 26 heavy (non-hydrogen) atoms. The molecule has 0 aliphatic carbocycles. The van der Waals surface area contributed by atoms with Gasteiger partial charge in [0.1, 0.15) is 11.5 Å². The van der Waals surface area contributed by atoms with Crippen LogP contribution in [0.15, 0.2) is 48.5 Å². The predicted molar refractivity (Wildman–Crippen MR) is 103 cm³/mol. The van der Waals surface area contributed by atoms with E-state index in [2.05, 4.69) is 4.90 Å². The summed E-state index contributed by atoms with van der Waals surface area (Å²) in [5, 5.41) is 0.508. The fourth-order valence-electron chi connectivity index (χ4n) is 3.10. The SMILES string of the molecule is COc1ccccc1N1CCN(C(=O)[C@@H](C)Oc2ccccc2Cl)CC1. The lowest BCUT2D eigenvalue weighted by Gasteiger charge is -2.37. The molecule has 0 saturated carbocycles. The number of halogens is 1. The number of methoxy groups -OCH3 is 1. The fraction of sp³-hybridized carbons (Fsp3) is 0.350. The summed E-state index contributed by atoms with van der Waals surface area (Å²) in [6, 6.07) is 15.1. The van der Waals surface area contributed by atoms with Crippen molar-refractivity contribution in [3.05, 3.63) is 53.6 Å². The zero-order chi connectivity index (χ0) is 18.5. The van der Waals surface area contributed by atoms with Gasteiger partial charge >= 0.3 is 0 Å². The molecule has 3 rings (SSSR count). The van der Waals surface area contributed by atoms with Crippen molar-refractivity contribution in [2.45, 2.75) is 13.0 Å². The molecule has 1 fully saturated rings. The summed E-state index contributed by atoms with van der Waals surface area (Å²) < 4.78 is 11.2. The molecule has 2 aromatic rings. The molecule has 1 amide bonds. The molecule has 1 saturated heterocycles. The lowest BCUT2D eigenvalue weighted by atomic mass is 10.2. The van der Waals surface area contributed by atoms with Crippen LogP contribution >= 0.6 is 11.6 Å². The topological polar surface area (TPSA) is 42.0 Å².